The molecule has 19 heavy (non-hydrogen) atoms. The highest BCUT2D eigenvalue weighted by Crippen LogP contribution is 2.53. The van der Waals surface area contributed by atoms with Crippen molar-refractivity contribution in [3.8, 4) is 5.75 Å². The molecule has 0 saturated heterocycles. The molecule has 1 spiro atoms. The standard InChI is InChI=1S/C17H25NO/c1-13-7-6-8-14(11-13)19-16-12-15(18-2)17(16)9-4-3-5-10-17/h6-8,11,15-16,18H,3-5,9-10,12H2,1-2H3. The van der Waals surface area contributed by atoms with E-state index in [1.54, 1.807) is 0 Å². The van der Waals surface area contributed by atoms with Gasteiger partial charge < -0.3 is 10.1 Å². The van der Waals surface area contributed by atoms with Gasteiger partial charge in [-0.3, -0.25) is 0 Å². The summed E-state index contributed by atoms with van der Waals surface area (Å²) in [5.74, 6) is 1.05. The van der Waals surface area contributed by atoms with E-state index in [1.165, 1.54) is 37.7 Å². The Hall–Kier alpha value is -1.02. The van der Waals surface area contributed by atoms with Gasteiger partial charge in [0.2, 0.25) is 0 Å². The summed E-state index contributed by atoms with van der Waals surface area (Å²) in [7, 11) is 2.10. The molecule has 1 N–H and O–H groups in total. The molecule has 2 atom stereocenters. The predicted molar refractivity (Wildman–Crippen MR) is 78.6 cm³/mol. The zero-order valence-corrected chi connectivity index (χ0v) is 12.1. The number of benzene rings is 1. The van der Waals surface area contributed by atoms with E-state index in [2.05, 4.69) is 43.6 Å². The van der Waals surface area contributed by atoms with Crippen LogP contribution in [0.2, 0.25) is 0 Å². The molecule has 2 unspecified atom stereocenters. The fraction of sp³-hybridized carbons (Fsp3) is 0.647. The molecule has 2 heteroatoms. The zero-order chi connectivity index (χ0) is 13.3. The third-order valence-corrected chi connectivity index (χ3v) is 5.19. The molecular weight excluding hydrogens is 234 g/mol. The van der Waals surface area contributed by atoms with E-state index in [1.807, 2.05) is 0 Å². The first-order valence-corrected chi connectivity index (χ1v) is 7.65. The molecule has 0 bridgehead atoms. The molecule has 3 rings (SSSR count). The van der Waals surface area contributed by atoms with Crippen LogP contribution in [0.15, 0.2) is 24.3 Å². The molecule has 0 radical (unpaired) electrons. The molecule has 1 aromatic carbocycles. The molecule has 0 aromatic heterocycles. The second-order valence-corrected chi connectivity index (χ2v) is 6.29. The molecular formula is C17H25NO. The Balaban J connectivity index is 1.74. The van der Waals surface area contributed by atoms with Gasteiger partial charge in [-0.2, -0.15) is 0 Å². The van der Waals surface area contributed by atoms with Gasteiger partial charge in [-0.05, 0) is 44.5 Å². The Morgan fingerprint density at radius 2 is 2.00 bits per heavy atom. The average Bonchev–Trinajstić information content (AvgIpc) is 2.44. The number of aryl methyl sites for hydroxylation is 1. The third kappa shape index (κ3) is 2.27. The van der Waals surface area contributed by atoms with Crippen LogP contribution < -0.4 is 10.1 Å². The molecule has 2 saturated carbocycles. The van der Waals surface area contributed by atoms with E-state index in [0.717, 1.165) is 12.2 Å². The van der Waals surface area contributed by atoms with Crippen molar-refractivity contribution in [2.45, 2.75) is 57.6 Å². The molecule has 0 heterocycles. The maximum atomic E-state index is 6.32. The molecule has 2 aliphatic rings. The van der Waals surface area contributed by atoms with Crippen LogP contribution in [0.4, 0.5) is 0 Å². The maximum Gasteiger partial charge on any atom is 0.120 e. The predicted octanol–water partition coefficient (Wildman–Crippen LogP) is 3.68. The van der Waals surface area contributed by atoms with Crippen LogP contribution in [0.3, 0.4) is 0 Å². The van der Waals surface area contributed by atoms with Gasteiger partial charge in [0.25, 0.3) is 0 Å². The van der Waals surface area contributed by atoms with Gasteiger partial charge in [0, 0.05) is 17.9 Å². The maximum absolute atomic E-state index is 6.32. The van der Waals surface area contributed by atoms with E-state index < -0.39 is 0 Å². The summed E-state index contributed by atoms with van der Waals surface area (Å²) in [6.07, 6.45) is 8.36. The number of ether oxygens (including phenoxy) is 1. The summed E-state index contributed by atoms with van der Waals surface area (Å²) >= 11 is 0. The lowest BCUT2D eigenvalue weighted by Gasteiger charge is -2.57. The molecule has 104 valence electrons. The van der Waals surface area contributed by atoms with Crippen molar-refractivity contribution in [1.82, 2.24) is 5.32 Å². The van der Waals surface area contributed by atoms with Gasteiger partial charge in [0.05, 0.1) is 0 Å². The minimum Gasteiger partial charge on any atom is -0.490 e. The lowest BCUT2D eigenvalue weighted by atomic mass is 9.55. The Kier molecular flexibility index (Phi) is 3.53. The lowest BCUT2D eigenvalue weighted by Crippen LogP contribution is -2.64. The number of hydrogen-bond donors (Lipinski definition) is 1. The summed E-state index contributed by atoms with van der Waals surface area (Å²) in [5.41, 5.74) is 1.68. The fourth-order valence-electron chi connectivity index (χ4n) is 4.05. The fourth-order valence-corrected chi connectivity index (χ4v) is 4.05. The number of rotatable bonds is 3. The first-order valence-electron chi connectivity index (χ1n) is 7.65. The molecule has 2 aliphatic carbocycles. The van der Waals surface area contributed by atoms with Crippen LogP contribution in [0, 0.1) is 12.3 Å². The number of hydrogen-bond acceptors (Lipinski definition) is 2. The molecule has 0 aliphatic heterocycles. The monoisotopic (exact) mass is 259 g/mol. The van der Waals surface area contributed by atoms with Gasteiger partial charge in [0.15, 0.2) is 0 Å². The van der Waals surface area contributed by atoms with Crippen LogP contribution in [0.1, 0.15) is 44.1 Å². The quantitative estimate of drug-likeness (QED) is 0.894. The lowest BCUT2D eigenvalue weighted by molar-refractivity contribution is -0.100. The van der Waals surface area contributed by atoms with E-state index in [9.17, 15) is 0 Å². The largest absolute Gasteiger partial charge is 0.490 e. The molecule has 0 amide bonds. The van der Waals surface area contributed by atoms with Crippen LogP contribution in [-0.2, 0) is 0 Å². The molecule has 1 aromatic rings. The van der Waals surface area contributed by atoms with E-state index in [4.69, 9.17) is 4.74 Å². The minimum atomic E-state index is 0.400. The van der Waals surface area contributed by atoms with Crippen molar-refractivity contribution in [2.24, 2.45) is 5.41 Å². The number of nitrogens with one attached hydrogen (secondary N) is 1. The van der Waals surface area contributed by atoms with Gasteiger partial charge in [-0.1, -0.05) is 31.4 Å². The second-order valence-electron chi connectivity index (χ2n) is 6.29. The van der Waals surface area contributed by atoms with E-state index in [0.29, 0.717) is 17.6 Å². The summed E-state index contributed by atoms with van der Waals surface area (Å²) in [5, 5.41) is 3.51. The summed E-state index contributed by atoms with van der Waals surface area (Å²) in [4.78, 5) is 0. The van der Waals surface area contributed by atoms with Gasteiger partial charge in [-0.25, -0.2) is 0 Å². The summed E-state index contributed by atoms with van der Waals surface area (Å²) in [6, 6.07) is 9.12. The topological polar surface area (TPSA) is 21.3 Å². The Bertz CT molecular complexity index is 437. The first-order chi connectivity index (χ1) is 9.24. The molecule has 2 fully saturated rings. The van der Waals surface area contributed by atoms with E-state index in [-0.39, 0.29) is 0 Å². The van der Waals surface area contributed by atoms with Crippen molar-refractivity contribution in [3.05, 3.63) is 29.8 Å². The average molecular weight is 259 g/mol. The first kappa shape index (κ1) is 13.0. The minimum absolute atomic E-state index is 0.400. The van der Waals surface area contributed by atoms with Crippen molar-refractivity contribution < 1.29 is 4.74 Å². The van der Waals surface area contributed by atoms with Crippen molar-refractivity contribution >= 4 is 0 Å². The second kappa shape index (κ2) is 5.16. The SMILES string of the molecule is CNC1CC(Oc2cccc(C)c2)C12CCCCC2. The van der Waals surface area contributed by atoms with Crippen LogP contribution >= 0.6 is 0 Å². The highest BCUT2D eigenvalue weighted by molar-refractivity contribution is 5.28. The summed E-state index contributed by atoms with van der Waals surface area (Å²) < 4.78 is 6.32. The van der Waals surface area contributed by atoms with Crippen LogP contribution in [-0.4, -0.2) is 19.2 Å². The van der Waals surface area contributed by atoms with E-state index >= 15 is 0 Å². The summed E-state index contributed by atoms with van der Waals surface area (Å²) in [6.45, 7) is 2.13. The highest BCUT2D eigenvalue weighted by atomic mass is 16.5. The van der Waals surface area contributed by atoms with Gasteiger partial charge >= 0.3 is 0 Å². The van der Waals surface area contributed by atoms with Crippen LogP contribution in [0.25, 0.3) is 0 Å². The zero-order valence-electron chi connectivity index (χ0n) is 12.1. The van der Waals surface area contributed by atoms with Crippen molar-refractivity contribution in [2.75, 3.05) is 7.05 Å². The van der Waals surface area contributed by atoms with Gasteiger partial charge in [-0.15, -0.1) is 0 Å². The third-order valence-electron chi connectivity index (χ3n) is 5.19. The Morgan fingerprint density at radius 1 is 1.21 bits per heavy atom. The Morgan fingerprint density at radius 3 is 2.68 bits per heavy atom. The smallest absolute Gasteiger partial charge is 0.120 e. The Labute approximate surface area is 116 Å². The highest BCUT2D eigenvalue weighted by Gasteiger charge is 2.55. The normalized spacial score (nSPS) is 28.9. The van der Waals surface area contributed by atoms with Gasteiger partial charge in [0.1, 0.15) is 11.9 Å². The van der Waals surface area contributed by atoms with Crippen molar-refractivity contribution in [1.29, 1.82) is 0 Å². The van der Waals surface area contributed by atoms with Crippen molar-refractivity contribution in [3.63, 3.8) is 0 Å². The molecule has 2 nitrogen and oxygen atoms in total. The van der Waals surface area contributed by atoms with Crippen LogP contribution in [0.5, 0.6) is 5.75 Å².